The topological polar surface area (TPSA) is 93.4 Å². The van der Waals surface area contributed by atoms with Crippen LogP contribution in [0, 0.1) is 11.3 Å². The first kappa shape index (κ1) is 17.0. The number of likely N-dealkylation sites (tertiary alicyclic amines) is 1. The monoisotopic (exact) mass is 293 g/mol. The highest BCUT2D eigenvalue weighted by molar-refractivity contribution is 5.97. The summed E-state index contributed by atoms with van der Waals surface area (Å²) in [7, 11) is 0. The first-order valence-corrected chi connectivity index (χ1v) is 7.35. The minimum Gasteiger partial charge on any atom is -0.481 e. The zero-order chi connectivity index (χ0) is 15.8. The average Bonchev–Trinajstić information content (AvgIpc) is 2.43. The molecule has 1 fully saturated rings. The van der Waals surface area contributed by atoms with Gasteiger partial charge in [-0.05, 0) is 39.5 Å². The number of carboxylic acids is 1. The van der Waals surface area contributed by atoms with Gasteiger partial charge >= 0.3 is 5.97 Å². The van der Waals surface area contributed by atoms with Gasteiger partial charge in [0.05, 0.1) is 0 Å². The van der Waals surface area contributed by atoms with Gasteiger partial charge in [0.1, 0.15) is 11.6 Å². The number of carbonyl (C=O) groups excluding carboxylic acids is 1. The summed E-state index contributed by atoms with van der Waals surface area (Å²) in [5.41, 5.74) is 0.0749. The van der Waals surface area contributed by atoms with Crippen LogP contribution in [-0.2, 0) is 9.59 Å². The second-order valence-electron chi connectivity index (χ2n) is 5.48. The first-order valence-electron chi connectivity index (χ1n) is 7.35. The van der Waals surface area contributed by atoms with Crippen molar-refractivity contribution in [3.05, 3.63) is 11.8 Å². The van der Waals surface area contributed by atoms with Crippen LogP contribution in [0.15, 0.2) is 11.8 Å². The lowest BCUT2D eigenvalue weighted by Gasteiger charge is -2.38. The van der Waals surface area contributed by atoms with Crippen molar-refractivity contribution in [3.63, 3.8) is 0 Å². The Balaban J connectivity index is 2.59. The summed E-state index contributed by atoms with van der Waals surface area (Å²) in [6.07, 6.45) is 5.28. The number of piperidine rings is 1. The molecule has 1 rings (SSSR count). The van der Waals surface area contributed by atoms with Crippen molar-refractivity contribution in [3.8, 4) is 6.07 Å². The highest BCUT2D eigenvalue weighted by atomic mass is 16.4. The van der Waals surface area contributed by atoms with Gasteiger partial charge in [0.25, 0.3) is 5.91 Å². The van der Waals surface area contributed by atoms with Gasteiger partial charge in [0.15, 0.2) is 0 Å². The predicted octanol–water partition coefficient (Wildman–Crippen LogP) is 1.64. The molecule has 1 saturated heterocycles. The molecule has 0 spiro atoms. The van der Waals surface area contributed by atoms with E-state index in [2.05, 4.69) is 24.1 Å². The number of amides is 1. The lowest BCUT2D eigenvalue weighted by Crippen LogP contribution is -2.40. The number of nitrogens with one attached hydrogen (secondary N) is 1. The van der Waals surface area contributed by atoms with Crippen LogP contribution in [0.4, 0.5) is 0 Å². The molecule has 2 atom stereocenters. The molecule has 1 heterocycles. The fourth-order valence-electron chi connectivity index (χ4n) is 2.52. The molecule has 6 heteroatoms. The third-order valence-corrected chi connectivity index (χ3v) is 3.76. The molecule has 1 aliphatic heterocycles. The van der Waals surface area contributed by atoms with Gasteiger partial charge in [0.2, 0.25) is 0 Å². The van der Waals surface area contributed by atoms with Crippen LogP contribution in [0.2, 0.25) is 0 Å². The standard InChI is InChI=1S/C15H23N3O3/c1-11-5-3-6-12(2)18(11)10-13(9-16)15(21)17-8-4-7-14(19)20/h10-12H,3-8H2,1-2H3,(H,17,21)(H,19,20)/b13-10-. The van der Waals surface area contributed by atoms with E-state index in [0.29, 0.717) is 18.5 Å². The molecule has 1 amide bonds. The summed E-state index contributed by atoms with van der Waals surface area (Å²) < 4.78 is 0. The average molecular weight is 293 g/mol. The Morgan fingerprint density at radius 3 is 2.52 bits per heavy atom. The zero-order valence-corrected chi connectivity index (χ0v) is 12.6. The minimum atomic E-state index is -0.892. The Kier molecular flexibility index (Phi) is 6.73. The molecule has 116 valence electrons. The minimum absolute atomic E-state index is 0.00603. The molecule has 0 aromatic carbocycles. The van der Waals surface area contributed by atoms with E-state index in [1.807, 2.05) is 6.07 Å². The molecule has 6 nitrogen and oxygen atoms in total. The van der Waals surface area contributed by atoms with E-state index in [0.717, 1.165) is 19.3 Å². The van der Waals surface area contributed by atoms with Crippen LogP contribution in [-0.4, -0.2) is 40.5 Å². The molecule has 2 unspecified atom stereocenters. The van der Waals surface area contributed by atoms with E-state index >= 15 is 0 Å². The summed E-state index contributed by atoms with van der Waals surface area (Å²) in [5.74, 6) is -1.33. The Bertz CT molecular complexity index is 444. The van der Waals surface area contributed by atoms with Gasteiger partial charge in [-0.25, -0.2) is 0 Å². The number of aliphatic carboxylic acids is 1. The Labute approximate surface area is 125 Å². The molecule has 0 aromatic rings. The Morgan fingerprint density at radius 2 is 2.00 bits per heavy atom. The van der Waals surface area contributed by atoms with Crippen molar-refractivity contribution in [1.29, 1.82) is 5.26 Å². The van der Waals surface area contributed by atoms with Crippen molar-refractivity contribution >= 4 is 11.9 Å². The van der Waals surface area contributed by atoms with Crippen molar-refractivity contribution in [2.45, 2.75) is 58.0 Å². The molecule has 2 N–H and O–H groups in total. The summed E-state index contributed by atoms with van der Waals surface area (Å²) >= 11 is 0. The normalized spacial score (nSPS) is 22.5. The second kappa shape index (κ2) is 8.30. The molecule has 0 bridgehead atoms. The number of hydrogen-bond acceptors (Lipinski definition) is 4. The van der Waals surface area contributed by atoms with E-state index in [4.69, 9.17) is 10.4 Å². The van der Waals surface area contributed by atoms with Gasteiger partial charge in [-0.2, -0.15) is 5.26 Å². The fraction of sp³-hybridized carbons (Fsp3) is 0.667. The van der Waals surface area contributed by atoms with Crippen molar-refractivity contribution < 1.29 is 14.7 Å². The van der Waals surface area contributed by atoms with E-state index in [1.165, 1.54) is 0 Å². The van der Waals surface area contributed by atoms with Gasteiger partial charge < -0.3 is 15.3 Å². The van der Waals surface area contributed by atoms with Gasteiger partial charge in [-0.3, -0.25) is 9.59 Å². The molecule has 0 aromatic heterocycles. The van der Waals surface area contributed by atoms with Crippen LogP contribution in [0.1, 0.15) is 46.0 Å². The van der Waals surface area contributed by atoms with E-state index in [1.54, 1.807) is 6.20 Å². The molecule has 0 aliphatic carbocycles. The van der Waals surface area contributed by atoms with Crippen LogP contribution in [0.25, 0.3) is 0 Å². The predicted molar refractivity (Wildman–Crippen MR) is 78.2 cm³/mol. The number of carbonyl (C=O) groups is 2. The number of nitriles is 1. The molecular formula is C15H23N3O3. The fourth-order valence-corrected chi connectivity index (χ4v) is 2.52. The van der Waals surface area contributed by atoms with E-state index < -0.39 is 11.9 Å². The quantitative estimate of drug-likeness (QED) is 0.441. The van der Waals surface area contributed by atoms with Gasteiger partial charge in [-0.1, -0.05) is 0 Å². The smallest absolute Gasteiger partial charge is 0.303 e. The van der Waals surface area contributed by atoms with Crippen molar-refractivity contribution in [1.82, 2.24) is 10.2 Å². The molecule has 1 aliphatic rings. The van der Waals surface area contributed by atoms with Crippen LogP contribution in [0.3, 0.4) is 0 Å². The lowest BCUT2D eigenvalue weighted by atomic mass is 9.98. The van der Waals surface area contributed by atoms with E-state index in [9.17, 15) is 9.59 Å². The Hall–Kier alpha value is -2.03. The largest absolute Gasteiger partial charge is 0.481 e. The maximum atomic E-state index is 11.9. The van der Waals surface area contributed by atoms with Crippen LogP contribution in [0.5, 0.6) is 0 Å². The van der Waals surface area contributed by atoms with Gasteiger partial charge in [-0.15, -0.1) is 0 Å². The number of hydrogen-bond donors (Lipinski definition) is 2. The summed E-state index contributed by atoms with van der Waals surface area (Å²) in [6, 6.07) is 2.56. The second-order valence-corrected chi connectivity index (χ2v) is 5.48. The highest BCUT2D eigenvalue weighted by Gasteiger charge is 2.23. The first-order chi connectivity index (χ1) is 9.95. The van der Waals surface area contributed by atoms with E-state index in [-0.39, 0.29) is 18.5 Å². The summed E-state index contributed by atoms with van der Waals surface area (Å²) in [5, 5.41) is 20.3. The van der Waals surface area contributed by atoms with Crippen molar-refractivity contribution in [2.24, 2.45) is 0 Å². The Morgan fingerprint density at radius 1 is 1.38 bits per heavy atom. The maximum Gasteiger partial charge on any atom is 0.303 e. The third kappa shape index (κ3) is 5.46. The molecule has 0 radical (unpaired) electrons. The summed E-state index contributed by atoms with van der Waals surface area (Å²) in [4.78, 5) is 24.4. The molecule has 0 saturated carbocycles. The van der Waals surface area contributed by atoms with Crippen molar-refractivity contribution in [2.75, 3.05) is 6.54 Å². The number of rotatable bonds is 6. The van der Waals surface area contributed by atoms with Crippen LogP contribution < -0.4 is 5.32 Å². The zero-order valence-electron chi connectivity index (χ0n) is 12.6. The number of nitrogens with zero attached hydrogens (tertiary/aromatic N) is 2. The lowest BCUT2D eigenvalue weighted by molar-refractivity contribution is -0.137. The third-order valence-electron chi connectivity index (χ3n) is 3.76. The highest BCUT2D eigenvalue weighted by Crippen LogP contribution is 2.23. The maximum absolute atomic E-state index is 11.9. The molecule has 21 heavy (non-hydrogen) atoms. The molecular weight excluding hydrogens is 270 g/mol. The SMILES string of the molecule is CC1CCCC(C)N1/C=C(/C#N)C(=O)NCCCC(=O)O. The summed E-state index contributed by atoms with van der Waals surface area (Å²) in [6.45, 7) is 4.44. The number of carboxylic acid groups (broad SMARTS) is 1. The van der Waals surface area contributed by atoms with Crippen LogP contribution >= 0.6 is 0 Å². The van der Waals surface area contributed by atoms with Gasteiger partial charge in [0, 0.05) is 31.2 Å².